The number of carbonyl (C=O) groups excluding carboxylic acids is 1. The van der Waals surface area contributed by atoms with E-state index in [0.29, 0.717) is 0 Å². The van der Waals surface area contributed by atoms with Gasteiger partial charge in [0.1, 0.15) is 11.9 Å². The molecular weight excluding hydrogens is 362 g/mol. The molecule has 4 rings (SSSR count). The fourth-order valence-electron chi connectivity index (χ4n) is 3.74. The molecule has 29 heavy (non-hydrogen) atoms. The van der Waals surface area contributed by atoms with E-state index in [0.717, 1.165) is 53.5 Å². The number of hydrogen-bond donors (Lipinski definition) is 2. The third-order valence-electron chi connectivity index (χ3n) is 5.29. The maximum absolute atomic E-state index is 12.6. The smallest absolute Gasteiger partial charge is 0.246 e. The highest BCUT2D eigenvalue weighted by atomic mass is 16.2. The summed E-state index contributed by atoms with van der Waals surface area (Å²) in [5.74, 6) is 1.90. The topological polar surface area (TPSA) is 71.8 Å². The molecule has 0 radical (unpaired) electrons. The zero-order valence-electron chi connectivity index (χ0n) is 17.0. The number of aryl methyl sites for hydroxylation is 2. The summed E-state index contributed by atoms with van der Waals surface area (Å²) < 4.78 is 2.24. The summed E-state index contributed by atoms with van der Waals surface area (Å²) in [6, 6.07) is 15.5. The number of rotatable bonds is 5. The van der Waals surface area contributed by atoms with E-state index in [1.54, 1.807) is 0 Å². The van der Waals surface area contributed by atoms with E-state index in [4.69, 9.17) is 0 Å². The van der Waals surface area contributed by atoms with Gasteiger partial charge in [-0.05, 0) is 56.5 Å². The Balaban J connectivity index is 1.48. The van der Waals surface area contributed by atoms with Crippen LogP contribution in [0.1, 0.15) is 37.6 Å². The first-order chi connectivity index (χ1) is 14.1. The van der Waals surface area contributed by atoms with Gasteiger partial charge in [0.15, 0.2) is 5.82 Å². The van der Waals surface area contributed by atoms with Gasteiger partial charge in [0, 0.05) is 29.9 Å². The van der Waals surface area contributed by atoms with E-state index in [9.17, 15) is 4.79 Å². The molecule has 1 aromatic heterocycles. The maximum atomic E-state index is 12.6. The van der Waals surface area contributed by atoms with E-state index in [1.807, 2.05) is 62.4 Å². The van der Waals surface area contributed by atoms with Crippen molar-refractivity contribution in [2.75, 3.05) is 10.6 Å². The quantitative estimate of drug-likeness (QED) is 0.678. The number of amides is 1. The molecule has 1 amide bonds. The van der Waals surface area contributed by atoms with Crippen LogP contribution in [0.2, 0.25) is 0 Å². The van der Waals surface area contributed by atoms with Crippen LogP contribution in [-0.2, 0) is 17.8 Å². The summed E-state index contributed by atoms with van der Waals surface area (Å²) in [5.41, 5.74) is 3.83. The fourth-order valence-corrected chi connectivity index (χ4v) is 3.74. The average Bonchev–Trinajstić information content (AvgIpc) is 2.96. The van der Waals surface area contributed by atoms with E-state index < -0.39 is 0 Å². The second-order valence-electron chi connectivity index (χ2n) is 7.71. The molecular formula is C23H27N5O. The first kappa shape index (κ1) is 19.2. The number of benzene rings is 2. The number of fused-ring (bicyclic) bond motifs is 1. The molecule has 1 aliphatic rings. The Morgan fingerprint density at radius 3 is 2.72 bits per heavy atom. The van der Waals surface area contributed by atoms with Crippen molar-refractivity contribution in [3.8, 4) is 11.4 Å². The van der Waals surface area contributed by atoms with Crippen LogP contribution in [0.5, 0.6) is 0 Å². The predicted octanol–water partition coefficient (Wildman–Crippen LogP) is 4.42. The van der Waals surface area contributed by atoms with Crippen molar-refractivity contribution in [1.29, 1.82) is 0 Å². The average molecular weight is 390 g/mol. The van der Waals surface area contributed by atoms with Gasteiger partial charge in [-0.15, -0.1) is 10.2 Å². The van der Waals surface area contributed by atoms with Crippen LogP contribution in [0.4, 0.5) is 11.4 Å². The molecule has 0 fully saturated rings. The minimum Gasteiger partial charge on any atom is -0.374 e. The molecule has 2 heterocycles. The number of nitrogens with one attached hydrogen (secondary N) is 2. The standard InChI is InChI=1S/C23H27N5O/c1-16-8-6-10-19(14-16)25-23(29)17(2)24-20-11-7-9-18(15-20)22-27-26-21-12-4-3-5-13-28(21)22/h6-11,14-15,17,24H,3-5,12-13H2,1-2H3,(H,25,29)/t17-/m0/s1. The van der Waals surface area contributed by atoms with Gasteiger partial charge in [0.05, 0.1) is 0 Å². The zero-order chi connectivity index (χ0) is 20.2. The van der Waals surface area contributed by atoms with Gasteiger partial charge in [0.25, 0.3) is 0 Å². The Kier molecular flexibility index (Phi) is 5.60. The van der Waals surface area contributed by atoms with Crippen LogP contribution in [-0.4, -0.2) is 26.7 Å². The first-order valence-electron chi connectivity index (χ1n) is 10.3. The van der Waals surface area contributed by atoms with Crippen molar-refractivity contribution in [1.82, 2.24) is 14.8 Å². The maximum Gasteiger partial charge on any atom is 0.246 e. The summed E-state index contributed by atoms with van der Waals surface area (Å²) >= 11 is 0. The Bertz CT molecular complexity index is 1010. The normalized spacial score (nSPS) is 14.6. The third-order valence-corrected chi connectivity index (χ3v) is 5.29. The Labute approximate surface area is 171 Å². The molecule has 2 aromatic carbocycles. The van der Waals surface area contributed by atoms with Gasteiger partial charge in [-0.1, -0.05) is 30.7 Å². The summed E-state index contributed by atoms with van der Waals surface area (Å²) in [7, 11) is 0. The van der Waals surface area contributed by atoms with Crippen molar-refractivity contribution < 1.29 is 4.79 Å². The highest BCUT2D eigenvalue weighted by Gasteiger charge is 2.17. The van der Waals surface area contributed by atoms with Crippen molar-refractivity contribution in [2.45, 2.75) is 52.1 Å². The summed E-state index contributed by atoms with van der Waals surface area (Å²) in [6.45, 7) is 4.83. The molecule has 6 heteroatoms. The second kappa shape index (κ2) is 8.47. The molecule has 0 bridgehead atoms. The molecule has 0 saturated heterocycles. The van der Waals surface area contributed by atoms with Gasteiger partial charge in [-0.25, -0.2) is 0 Å². The monoisotopic (exact) mass is 389 g/mol. The Hall–Kier alpha value is -3.15. The lowest BCUT2D eigenvalue weighted by atomic mass is 10.1. The number of nitrogens with zero attached hydrogens (tertiary/aromatic N) is 3. The minimum atomic E-state index is -0.374. The second-order valence-corrected chi connectivity index (χ2v) is 7.71. The van der Waals surface area contributed by atoms with Crippen LogP contribution in [0.25, 0.3) is 11.4 Å². The molecule has 6 nitrogen and oxygen atoms in total. The van der Waals surface area contributed by atoms with Crippen LogP contribution < -0.4 is 10.6 Å². The van der Waals surface area contributed by atoms with E-state index >= 15 is 0 Å². The van der Waals surface area contributed by atoms with Crippen molar-refractivity contribution in [3.63, 3.8) is 0 Å². The minimum absolute atomic E-state index is 0.0719. The van der Waals surface area contributed by atoms with E-state index in [-0.39, 0.29) is 11.9 Å². The summed E-state index contributed by atoms with van der Waals surface area (Å²) in [5, 5.41) is 15.1. The van der Waals surface area contributed by atoms with Crippen LogP contribution in [0.15, 0.2) is 48.5 Å². The van der Waals surface area contributed by atoms with Gasteiger partial charge in [-0.2, -0.15) is 0 Å². The summed E-state index contributed by atoms with van der Waals surface area (Å²) in [6.07, 6.45) is 4.55. The van der Waals surface area contributed by atoms with Gasteiger partial charge in [-0.3, -0.25) is 4.79 Å². The predicted molar refractivity (Wildman–Crippen MR) is 116 cm³/mol. The first-order valence-corrected chi connectivity index (χ1v) is 10.3. The number of hydrogen-bond acceptors (Lipinski definition) is 4. The van der Waals surface area contributed by atoms with Crippen molar-refractivity contribution in [2.24, 2.45) is 0 Å². The molecule has 1 atom stereocenters. The van der Waals surface area contributed by atoms with Gasteiger partial charge in [0.2, 0.25) is 5.91 Å². The molecule has 0 spiro atoms. The molecule has 3 aromatic rings. The zero-order valence-corrected chi connectivity index (χ0v) is 17.0. The lowest BCUT2D eigenvalue weighted by Crippen LogP contribution is -2.31. The van der Waals surface area contributed by atoms with E-state index in [1.165, 1.54) is 12.8 Å². The molecule has 150 valence electrons. The van der Waals surface area contributed by atoms with Crippen LogP contribution >= 0.6 is 0 Å². The summed E-state index contributed by atoms with van der Waals surface area (Å²) in [4.78, 5) is 12.6. The van der Waals surface area contributed by atoms with Crippen molar-refractivity contribution >= 4 is 17.3 Å². The lowest BCUT2D eigenvalue weighted by molar-refractivity contribution is -0.116. The Morgan fingerprint density at radius 1 is 1.03 bits per heavy atom. The number of anilines is 2. The SMILES string of the molecule is Cc1cccc(NC(=O)[C@H](C)Nc2cccc(-c3nnc4n3CCCCC4)c2)c1. The number of carbonyl (C=O) groups is 1. The highest BCUT2D eigenvalue weighted by Crippen LogP contribution is 2.25. The van der Waals surface area contributed by atoms with Crippen LogP contribution in [0, 0.1) is 6.92 Å². The lowest BCUT2D eigenvalue weighted by Gasteiger charge is -2.16. The highest BCUT2D eigenvalue weighted by molar-refractivity contribution is 5.96. The van der Waals surface area contributed by atoms with Gasteiger partial charge >= 0.3 is 0 Å². The number of aromatic nitrogens is 3. The third kappa shape index (κ3) is 4.47. The molecule has 0 aliphatic carbocycles. The van der Waals surface area contributed by atoms with Gasteiger partial charge < -0.3 is 15.2 Å². The molecule has 1 aliphatic heterocycles. The molecule has 2 N–H and O–H groups in total. The van der Waals surface area contributed by atoms with Crippen LogP contribution in [0.3, 0.4) is 0 Å². The Morgan fingerprint density at radius 2 is 1.86 bits per heavy atom. The largest absolute Gasteiger partial charge is 0.374 e. The van der Waals surface area contributed by atoms with Crippen molar-refractivity contribution in [3.05, 3.63) is 59.9 Å². The van der Waals surface area contributed by atoms with E-state index in [2.05, 4.69) is 25.4 Å². The molecule has 0 unspecified atom stereocenters. The fraction of sp³-hybridized carbons (Fsp3) is 0.348. The molecule has 0 saturated carbocycles.